The smallest absolute Gasteiger partial charge is 0.326 e. The molecule has 296 valence electrons. The normalized spacial score (nSPS) is 11.5. The summed E-state index contributed by atoms with van der Waals surface area (Å²) in [7, 11) is 0. The van der Waals surface area contributed by atoms with Gasteiger partial charge in [0.15, 0.2) is 5.78 Å². The molecule has 13 nitrogen and oxygen atoms in total. The van der Waals surface area contributed by atoms with Crippen LogP contribution >= 0.6 is 0 Å². The molecule has 5 N–H and O–H groups in total. The van der Waals surface area contributed by atoms with Gasteiger partial charge in [-0.05, 0) is 46.0 Å². The van der Waals surface area contributed by atoms with Crippen LogP contribution in [0.15, 0.2) is 0 Å². The maximum Gasteiger partial charge on any atom is 0.326 e. The molecular formula is C38H70N4O9. The Kier molecular flexibility index (Phi) is 33.2. The number of carbonyl (C=O) groups excluding carboxylic acids is 5. The lowest BCUT2D eigenvalue weighted by atomic mass is 10.0. The number of unbranched alkanes of at least 4 members (excludes halogenated alkanes) is 16. The average molecular weight is 727 g/mol. The summed E-state index contributed by atoms with van der Waals surface area (Å²) in [5.41, 5.74) is 0. The first kappa shape index (κ1) is 47.9. The molecule has 13 heteroatoms. The first-order chi connectivity index (χ1) is 24.6. The van der Waals surface area contributed by atoms with Crippen molar-refractivity contribution in [1.29, 1.82) is 0 Å². The molecule has 0 aliphatic rings. The zero-order chi connectivity index (χ0) is 37.8. The van der Waals surface area contributed by atoms with E-state index in [-0.39, 0.29) is 49.5 Å². The van der Waals surface area contributed by atoms with Gasteiger partial charge in [-0.2, -0.15) is 0 Å². The van der Waals surface area contributed by atoms with Crippen LogP contribution in [0.3, 0.4) is 0 Å². The lowest BCUT2D eigenvalue weighted by Gasteiger charge is -2.14. The van der Waals surface area contributed by atoms with Crippen molar-refractivity contribution in [1.82, 2.24) is 21.3 Å². The van der Waals surface area contributed by atoms with Gasteiger partial charge in [0.25, 0.3) is 0 Å². The van der Waals surface area contributed by atoms with Crippen LogP contribution in [0.2, 0.25) is 0 Å². The van der Waals surface area contributed by atoms with E-state index in [9.17, 15) is 33.9 Å². The fourth-order valence-electron chi connectivity index (χ4n) is 5.44. The third kappa shape index (κ3) is 36.5. The van der Waals surface area contributed by atoms with Gasteiger partial charge in [0.05, 0.1) is 19.8 Å². The lowest BCUT2D eigenvalue weighted by Crippen LogP contribution is -2.41. The van der Waals surface area contributed by atoms with Gasteiger partial charge in [0.2, 0.25) is 11.8 Å². The molecule has 51 heavy (non-hydrogen) atoms. The molecule has 0 aromatic heterocycles. The molecular weight excluding hydrogens is 656 g/mol. The Morgan fingerprint density at radius 1 is 0.490 bits per heavy atom. The molecule has 0 aromatic carbocycles. The molecule has 0 aliphatic carbocycles. The van der Waals surface area contributed by atoms with E-state index < -0.39 is 12.0 Å². The summed E-state index contributed by atoms with van der Waals surface area (Å²) in [6, 6.07) is -1.41. The molecule has 0 saturated heterocycles. The number of amides is 4. The van der Waals surface area contributed by atoms with Gasteiger partial charge in [-0.1, -0.05) is 89.9 Å². The highest BCUT2D eigenvalue weighted by atomic mass is 16.5. The number of aliphatic carboxylic acids is 1. The van der Waals surface area contributed by atoms with E-state index in [1.165, 1.54) is 77.6 Å². The molecule has 0 rings (SSSR count). The number of rotatable bonds is 37. The summed E-state index contributed by atoms with van der Waals surface area (Å²) in [5.74, 6) is -1.47. The Hall–Kier alpha value is -3.06. The average Bonchev–Trinajstić information content (AvgIpc) is 3.08. The Balaban J connectivity index is 3.66. The predicted molar refractivity (Wildman–Crippen MR) is 199 cm³/mol. The van der Waals surface area contributed by atoms with Crippen molar-refractivity contribution < 1.29 is 43.3 Å². The largest absolute Gasteiger partial charge is 0.480 e. The Bertz CT molecular complexity index is 948. The molecule has 0 fully saturated rings. The predicted octanol–water partition coefficient (Wildman–Crippen LogP) is 5.76. The van der Waals surface area contributed by atoms with E-state index >= 15 is 0 Å². The zero-order valence-electron chi connectivity index (χ0n) is 31.8. The quantitative estimate of drug-likeness (QED) is 0.0496. The van der Waals surface area contributed by atoms with Gasteiger partial charge in [0, 0.05) is 38.9 Å². The molecule has 1 atom stereocenters. The lowest BCUT2D eigenvalue weighted by molar-refractivity contribution is -0.142. The number of urea groups is 1. The molecule has 0 radical (unpaired) electrons. The molecule has 0 aromatic rings. The summed E-state index contributed by atoms with van der Waals surface area (Å²) in [5, 5.41) is 20.2. The Morgan fingerprint density at radius 2 is 0.961 bits per heavy atom. The van der Waals surface area contributed by atoms with Crippen molar-refractivity contribution in [3.05, 3.63) is 0 Å². The van der Waals surface area contributed by atoms with Crippen molar-refractivity contribution in [3.63, 3.8) is 0 Å². The molecule has 0 heterocycles. The number of carboxylic acid groups (broad SMARTS) is 1. The molecule has 0 spiro atoms. The van der Waals surface area contributed by atoms with Crippen LogP contribution in [0, 0.1) is 0 Å². The highest BCUT2D eigenvalue weighted by Gasteiger charge is 2.20. The van der Waals surface area contributed by atoms with Gasteiger partial charge in [-0.25, -0.2) is 9.59 Å². The van der Waals surface area contributed by atoms with E-state index in [0.29, 0.717) is 58.1 Å². The number of carboxylic acids is 1. The third-order valence-corrected chi connectivity index (χ3v) is 8.40. The molecule has 0 unspecified atom stereocenters. The van der Waals surface area contributed by atoms with Crippen LogP contribution in [0.5, 0.6) is 0 Å². The number of Topliss-reactive ketones (excluding diaryl/α,β-unsaturated/α-hetero) is 2. The highest BCUT2D eigenvalue weighted by Crippen LogP contribution is 2.14. The number of ether oxygens (including phenoxy) is 2. The summed E-state index contributed by atoms with van der Waals surface area (Å²) in [4.78, 5) is 69.6. The summed E-state index contributed by atoms with van der Waals surface area (Å²) in [6.07, 6.45) is 21.3. The van der Waals surface area contributed by atoms with Gasteiger partial charge < -0.3 is 40.6 Å². The van der Waals surface area contributed by atoms with E-state index in [1.54, 1.807) is 6.92 Å². The minimum absolute atomic E-state index is 0.00709. The van der Waals surface area contributed by atoms with Crippen molar-refractivity contribution in [2.45, 2.75) is 161 Å². The van der Waals surface area contributed by atoms with Crippen molar-refractivity contribution in [2.75, 3.05) is 46.1 Å². The van der Waals surface area contributed by atoms with Crippen LogP contribution < -0.4 is 21.3 Å². The van der Waals surface area contributed by atoms with Crippen LogP contribution in [0.1, 0.15) is 155 Å². The second-order valence-corrected chi connectivity index (χ2v) is 13.5. The van der Waals surface area contributed by atoms with E-state index in [2.05, 4.69) is 21.3 Å². The summed E-state index contributed by atoms with van der Waals surface area (Å²) in [6.45, 7) is 5.32. The topological polar surface area (TPSA) is 189 Å². The minimum atomic E-state index is -1.15. The second kappa shape index (κ2) is 35.3. The van der Waals surface area contributed by atoms with Crippen molar-refractivity contribution >= 4 is 35.4 Å². The van der Waals surface area contributed by atoms with Gasteiger partial charge in [-0.3, -0.25) is 14.4 Å². The highest BCUT2D eigenvalue weighted by molar-refractivity contribution is 5.84. The van der Waals surface area contributed by atoms with Crippen LogP contribution in [0.25, 0.3) is 0 Å². The maximum atomic E-state index is 12.3. The SMILES string of the molecule is CC(=O)CCCCCCCCCCCCCCCCCCC(=O)N[C@@H](CCC(=O)NCCCCNC(=O)NCCOCCOCC(C)=O)C(=O)O. The van der Waals surface area contributed by atoms with Crippen molar-refractivity contribution in [2.24, 2.45) is 0 Å². The number of ketones is 2. The maximum absolute atomic E-state index is 12.3. The first-order valence-electron chi connectivity index (χ1n) is 19.6. The molecule has 4 amide bonds. The van der Waals surface area contributed by atoms with Crippen LogP contribution in [-0.2, 0) is 33.4 Å². The fourth-order valence-corrected chi connectivity index (χ4v) is 5.44. The van der Waals surface area contributed by atoms with Gasteiger partial charge in [-0.15, -0.1) is 0 Å². The van der Waals surface area contributed by atoms with Crippen LogP contribution in [0.4, 0.5) is 4.79 Å². The monoisotopic (exact) mass is 727 g/mol. The third-order valence-electron chi connectivity index (χ3n) is 8.40. The standard InChI is InChI=1S/C38H70N4O9/c1-32(43)21-17-15-13-11-9-7-5-3-4-6-8-10-12-14-16-18-22-36(46)42-34(37(47)48)23-24-35(45)39-25-19-20-26-40-38(49)41-27-28-50-29-30-51-31-33(2)44/h34H,3-31H2,1-2H3,(H,39,45)(H,42,46)(H,47,48)(H2,40,41,49)/t34-/m0/s1. The Morgan fingerprint density at radius 3 is 1.47 bits per heavy atom. The number of hydrogen-bond donors (Lipinski definition) is 5. The molecule has 0 saturated carbocycles. The van der Waals surface area contributed by atoms with Gasteiger partial charge >= 0.3 is 12.0 Å². The molecule has 0 aliphatic heterocycles. The summed E-state index contributed by atoms with van der Waals surface area (Å²) < 4.78 is 10.4. The van der Waals surface area contributed by atoms with E-state index in [4.69, 9.17) is 9.47 Å². The first-order valence-corrected chi connectivity index (χ1v) is 19.6. The number of nitrogens with one attached hydrogen (secondary N) is 4. The Labute approximate surface area is 306 Å². The molecule has 0 bridgehead atoms. The number of carbonyl (C=O) groups is 6. The van der Waals surface area contributed by atoms with E-state index in [1.807, 2.05) is 0 Å². The van der Waals surface area contributed by atoms with Crippen LogP contribution in [-0.4, -0.2) is 92.6 Å². The van der Waals surface area contributed by atoms with E-state index in [0.717, 1.165) is 38.5 Å². The fraction of sp³-hybridized carbons (Fsp3) is 0.842. The number of hydrogen-bond acceptors (Lipinski definition) is 8. The second-order valence-electron chi connectivity index (χ2n) is 13.5. The van der Waals surface area contributed by atoms with Gasteiger partial charge in [0.1, 0.15) is 18.4 Å². The zero-order valence-corrected chi connectivity index (χ0v) is 31.8. The summed E-state index contributed by atoms with van der Waals surface area (Å²) >= 11 is 0. The minimum Gasteiger partial charge on any atom is -0.480 e. The van der Waals surface area contributed by atoms with Crippen molar-refractivity contribution in [3.8, 4) is 0 Å².